The van der Waals surface area contributed by atoms with E-state index < -0.39 is 0 Å². The lowest BCUT2D eigenvalue weighted by Crippen LogP contribution is -1.93. The largest absolute Gasteiger partial charge is 0.356 e. The zero-order valence-corrected chi connectivity index (χ0v) is 13.5. The molecule has 114 valence electrons. The van der Waals surface area contributed by atoms with E-state index in [1.54, 1.807) is 0 Å². The van der Waals surface area contributed by atoms with Crippen LogP contribution in [0.1, 0.15) is 12.5 Å². The Kier molecular flexibility index (Phi) is 3.30. The molecule has 0 fully saturated rings. The molecule has 0 aliphatic rings. The van der Waals surface area contributed by atoms with Gasteiger partial charge in [0.25, 0.3) is 0 Å². The van der Waals surface area contributed by atoms with E-state index in [1.165, 1.54) is 27.4 Å². The second kappa shape index (κ2) is 5.47. The SMILES string of the molecule is CCn1c2ccccc2c2cc(Nc3ccc(C)cc3)ccc21. The minimum atomic E-state index is 0.981. The van der Waals surface area contributed by atoms with Gasteiger partial charge in [0.05, 0.1) is 0 Å². The lowest BCUT2D eigenvalue weighted by atomic mass is 10.1. The molecule has 3 aromatic carbocycles. The molecule has 2 heteroatoms. The molecule has 0 saturated carbocycles. The maximum atomic E-state index is 3.51. The van der Waals surface area contributed by atoms with Crippen molar-refractivity contribution in [2.75, 3.05) is 5.32 Å². The summed E-state index contributed by atoms with van der Waals surface area (Å²) in [4.78, 5) is 0. The van der Waals surface area contributed by atoms with Gasteiger partial charge in [-0.1, -0.05) is 35.9 Å². The summed E-state index contributed by atoms with van der Waals surface area (Å²) in [6.07, 6.45) is 0. The number of benzene rings is 3. The first-order valence-electron chi connectivity index (χ1n) is 8.11. The van der Waals surface area contributed by atoms with Crippen LogP contribution in [0, 0.1) is 6.92 Å². The fourth-order valence-corrected chi connectivity index (χ4v) is 3.28. The zero-order valence-electron chi connectivity index (χ0n) is 13.5. The molecule has 0 spiro atoms. The summed E-state index contributed by atoms with van der Waals surface area (Å²) < 4.78 is 2.38. The van der Waals surface area contributed by atoms with Gasteiger partial charge in [0, 0.05) is 39.7 Å². The number of aryl methyl sites for hydroxylation is 2. The monoisotopic (exact) mass is 300 g/mol. The van der Waals surface area contributed by atoms with Crippen molar-refractivity contribution in [1.82, 2.24) is 4.57 Å². The molecule has 2 nitrogen and oxygen atoms in total. The lowest BCUT2D eigenvalue weighted by molar-refractivity contribution is 0.827. The summed E-state index contributed by atoms with van der Waals surface area (Å²) in [6.45, 7) is 5.29. The van der Waals surface area contributed by atoms with Gasteiger partial charge in [-0.15, -0.1) is 0 Å². The lowest BCUT2D eigenvalue weighted by Gasteiger charge is -2.08. The van der Waals surface area contributed by atoms with Crippen LogP contribution in [0.25, 0.3) is 21.8 Å². The summed E-state index contributed by atoms with van der Waals surface area (Å²) in [5.74, 6) is 0. The molecule has 0 saturated heterocycles. The van der Waals surface area contributed by atoms with Gasteiger partial charge in [-0.25, -0.2) is 0 Å². The molecule has 0 atom stereocenters. The molecule has 23 heavy (non-hydrogen) atoms. The predicted molar refractivity (Wildman–Crippen MR) is 99.6 cm³/mol. The second-order valence-electron chi connectivity index (χ2n) is 5.98. The van der Waals surface area contributed by atoms with Gasteiger partial charge < -0.3 is 9.88 Å². The first-order valence-corrected chi connectivity index (χ1v) is 8.11. The molecule has 0 radical (unpaired) electrons. The standard InChI is InChI=1S/C21H20N2/c1-3-23-20-7-5-4-6-18(20)19-14-17(12-13-21(19)23)22-16-10-8-15(2)9-11-16/h4-14,22H,3H2,1-2H3. The fraction of sp³-hybridized carbons (Fsp3) is 0.143. The molecule has 4 rings (SSSR count). The Morgan fingerprint density at radius 1 is 0.783 bits per heavy atom. The van der Waals surface area contributed by atoms with E-state index in [9.17, 15) is 0 Å². The van der Waals surface area contributed by atoms with E-state index in [2.05, 4.69) is 90.5 Å². The molecular formula is C21H20N2. The quantitative estimate of drug-likeness (QED) is 0.501. The summed E-state index contributed by atoms with van der Waals surface area (Å²) in [5.41, 5.74) is 6.12. The number of fused-ring (bicyclic) bond motifs is 3. The van der Waals surface area contributed by atoms with Crippen molar-refractivity contribution in [2.45, 2.75) is 20.4 Å². The van der Waals surface area contributed by atoms with Gasteiger partial charge in [0.2, 0.25) is 0 Å². The van der Waals surface area contributed by atoms with Crippen LogP contribution in [0.4, 0.5) is 11.4 Å². The van der Waals surface area contributed by atoms with E-state index in [-0.39, 0.29) is 0 Å². The van der Waals surface area contributed by atoms with Crippen molar-refractivity contribution in [1.29, 1.82) is 0 Å². The summed E-state index contributed by atoms with van der Waals surface area (Å²) in [7, 11) is 0. The minimum absolute atomic E-state index is 0.981. The highest BCUT2D eigenvalue weighted by atomic mass is 15.0. The Morgan fingerprint density at radius 3 is 2.26 bits per heavy atom. The number of rotatable bonds is 3. The van der Waals surface area contributed by atoms with Crippen LogP contribution in [-0.2, 0) is 6.54 Å². The molecule has 1 N–H and O–H groups in total. The summed E-state index contributed by atoms with van der Waals surface area (Å²) in [6, 6.07) is 23.8. The number of aromatic nitrogens is 1. The molecule has 1 heterocycles. The van der Waals surface area contributed by atoms with Crippen molar-refractivity contribution < 1.29 is 0 Å². The third-order valence-corrected chi connectivity index (χ3v) is 4.43. The molecule has 0 amide bonds. The average molecular weight is 300 g/mol. The third kappa shape index (κ3) is 2.36. The fourth-order valence-electron chi connectivity index (χ4n) is 3.28. The van der Waals surface area contributed by atoms with Crippen molar-refractivity contribution in [2.24, 2.45) is 0 Å². The van der Waals surface area contributed by atoms with E-state index in [0.29, 0.717) is 0 Å². The molecule has 0 unspecified atom stereocenters. The van der Waals surface area contributed by atoms with Gasteiger partial charge in [-0.05, 0) is 50.2 Å². The Bertz CT molecular complexity index is 978. The zero-order chi connectivity index (χ0) is 15.8. The predicted octanol–water partition coefficient (Wildman–Crippen LogP) is 5.87. The van der Waals surface area contributed by atoms with Gasteiger partial charge >= 0.3 is 0 Å². The maximum Gasteiger partial charge on any atom is 0.0492 e. The van der Waals surface area contributed by atoms with Crippen molar-refractivity contribution >= 4 is 33.2 Å². The van der Waals surface area contributed by atoms with Crippen molar-refractivity contribution in [3.8, 4) is 0 Å². The second-order valence-corrected chi connectivity index (χ2v) is 5.98. The minimum Gasteiger partial charge on any atom is -0.356 e. The molecule has 0 aliphatic heterocycles. The number of nitrogens with zero attached hydrogens (tertiary/aromatic N) is 1. The van der Waals surface area contributed by atoms with Gasteiger partial charge in [0.15, 0.2) is 0 Å². The van der Waals surface area contributed by atoms with Crippen molar-refractivity contribution in [3.63, 3.8) is 0 Å². The molecule has 4 aromatic rings. The topological polar surface area (TPSA) is 17.0 Å². The number of para-hydroxylation sites is 1. The smallest absolute Gasteiger partial charge is 0.0492 e. The highest BCUT2D eigenvalue weighted by Gasteiger charge is 2.09. The Balaban J connectivity index is 1.84. The first-order chi connectivity index (χ1) is 11.3. The van der Waals surface area contributed by atoms with Gasteiger partial charge in [-0.3, -0.25) is 0 Å². The van der Waals surface area contributed by atoms with Gasteiger partial charge in [-0.2, -0.15) is 0 Å². The van der Waals surface area contributed by atoms with Crippen LogP contribution in [0.15, 0.2) is 66.7 Å². The summed E-state index contributed by atoms with van der Waals surface area (Å²) in [5, 5.41) is 6.13. The van der Waals surface area contributed by atoms with Crippen LogP contribution in [0.2, 0.25) is 0 Å². The van der Waals surface area contributed by atoms with Crippen LogP contribution in [-0.4, -0.2) is 4.57 Å². The van der Waals surface area contributed by atoms with Crippen LogP contribution in [0.3, 0.4) is 0 Å². The van der Waals surface area contributed by atoms with Crippen LogP contribution in [0.5, 0.6) is 0 Å². The highest BCUT2D eigenvalue weighted by Crippen LogP contribution is 2.31. The Hall–Kier alpha value is -2.74. The first kappa shape index (κ1) is 13.9. The molecule has 0 bridgehead atoms. The molecular weight excluding hydrogens is 280 g/mol. The Morgan fingerprint density at radius 2 is 1.48 bits per heavy atom. The Labute approximate surface area is 136 Å². The maximum absolute atomic E-state index is 3.51. The van der Waals surface area contributed by atoms with E-state index >= 15 is 0 Å². The van der Waals surface area contributed by atoms with Crippen molar-refractivity contribution in [3.05, 3.63) is 72.3 Å². The van der Waals surface area contributed by atoms with E-state index in [4.69, 9.17) is 0 Å². The van der Waals surface area contributed by atoms with E-state index in [1.807, 2.05) is 0 Å². The van der Waals surface area contributed by atoms with Crippen LogP contribution >= 0.6 is 0 Å². The highest BCUT2D eigenvalue weighted by molar-refractivity contribution is 6.09. The number of anilines is 2. The summed E-state index contributed by atoms with van der Waals surface area (Å²) >= 11 is 0. The van der Waals surface area contributed by atoms with E-state index in [0.717, 1.165) is 17.9 Å². The van der Waals surface area contributed by atoms with Gasteiger partial charge in [0.1, 0.15) is 0 Å². The average Bonchev–Trinajstić information content (AvgIpc) is 2.90. The number of nitrogens with one attached hydrogen (secondary N) is 1. The normalized spacial score (nSPS) is 11.2. The third-order valence-electron chi connectivity index (χ3n) is 4.43. The molecule has 1 aromatic heterocycles. The van der Waals surface area contributed by atoms with Crippen LogP contribution < -0.4 is 5.32 Å². The number of hydrogen-bond acceptors (Lipinski definition) is 1. The molecule has 0 aliphatic carbocycles. The number of hydrogen-bond donors (Lipinski definition) is 1.